The highest BCUT2D eigenvalue weighted by Crippen LogP contribution is 2.46. The van der Waals surface area contributed by atoms with E-state index in [9.17, 15) is 29.2 Å². The lowest BCUT2D eigenvalue weighted by Crippen LogP contribution is -2.52. The first-order valence-corrected chi connectivity index (χ1v) is 20.7. The van der Waals surface area contributed by atoms with Gasteiger partial charge in [-0.05, 0) is 97.4 Å². The van der Waals surface area contributed by atoms with Crippen molar-refractivity contribution in [1.29, 1.82) is 5.26 Å². The molecule has 1 aliphatic carbocycles. The summed E-state index contributed by atoms with van der Waals surface area (Å²) in [7, 11) is 0. The SMILES string of the molecule is CCc1cc2c(cc1N1CCC(NC(=O)CCCCSc3cccc4c3CN(C3CCC(=O)NC3=O)C4=O)CC1)C(C)(C)c1[nH]c3cc(C#N)ccc3c1C2=O. The third-order valence-corrected chi connectivity index (χ3v) is 13.3. The van der Waals surface area contributed by atoms with Gasteiger partial charge in [-0.1, -0.05) is 32.9 Å². The number of unbranched alkanes of at least 4 members (excludes halogenated alkanes) is 1. The summed E-state index contributed by atoms with van der Waals surface area (Å²) in [5.41, 5.74) is 8.07. The third kappa shape index (κ3) is 6.66. The van der Waals surface area contributed by atoms with Gasteiger partial charge in [0, 0.05) is 82.2 Å². The Morgan fingerprint density at radius 1 is 1.02 bits per heavy atom. The van der Waals surface area contributed by atoms with Crippen LogP contribution in [0.2, 0.25) is 0 Å². The minimum atomic E-state index is -0.634. The Labute approximate surface area is 330 Å². The summed E-state index contributed by atoms with van der Waals surface area (Å²) in [4.78, 5) is 72.8. The molecule has 3 aromatic carbocycles. The van der Waals surface area contributed by atoms with Crippen molar-refractivity contribution in [3.05, 3.63) is 93.2 Å². The lowest BCUT2D eigenvalue weighted by molar-refractivity contribution is -0.137. The number of hydrogen-bond donors (Lipinski definition) is 3. The summed E-state index contributed by atoms with van der Waals surface area (Å²) < 4.78 is 0. The number of anilines is 1. The number of thioether (sulfide) groups is 1. The van der Waals surface area contributed by atoms with Crippen molar-refractivity contribution in [1.82, 2.24) is 20.5 Å². The molecule has 8 rings (SSSR count). The van der Waals surface area contributed by atoms with Crippen molar-refractivity contribution in [3.63, 3.8) is 0 Å². The van der Waals surface area contributed by atoms with Gasteiger partial charge in [-0.15, -0.1) is 11.8 Å². The van der Waals surface area contributed by atoms with Crippen LogP contribution in [0.4, 0.5) is 5.69 Å². The van der Waals surface area contributed by atoms with Crippen LogP contribution in [0, 0.1) is 11.3 Å². The molecule has 12 heteroatoms. The number of nitriles is 1. The van der Waals surface area contributed by atoms with Crippen molar-refractivity contribution < 1.29 is 24.0 Å². The van der Waals surface area contributed by atoms with Crippen LogP contribution in [0.1, 0.15) is 120 Å². The largest absolute Gasteiger partial charge is 0.371 e. The van der Waals surface area contributed by atoms with Gasteiger partial charge in [-0.3, -0.25) is 29.3 Å². The molecule has 2 fully saturated rings. The van der Waals surface area contributed by atoms with Crippen molar-refractivity contribution >= 4 is 57.8 Å². The number of amides is 4. The first kappa shape index (κ1) is 37.5. The number of nitrogens with one attached hydrogen (secondary N) is 3. The molecule has 0 spiro atoms. The van der Waals surface area contributed by atoms with E-state index in [2.05, 4.69) is 59.5 Å². The van der Waals surface area contributed by atoms with Crippen molar-refractivity contribution in [3.8, 4) is 6.07 Å². The molecule has 1 atom stereocenters. The molecular weight excluding hydrogens is 725 g/mol. The number of nitrogens with zero attached hydrogens (tertiary/aromatic N) is 3. The molecule has 3 aliphatic heterocycles. The zero-order valence-electron chi connectivity index (χ0n) is 32.0. The van der Waals surface area contributed by atoms with E-state index in [0.717, 1.165) is 100 Å². The van der Waals surface area contributed by atoms with Crippen LogP contribution in [0.3, 0.4) is 0 Å². The molecule has 1 unspecified atom stereocenters. The van der Waals surface area contributed by atoms with Crippen LogP contribution in [0.15, 0.2) is 53.4 Å². The number of aromatic nitrogens is 1. The molecule has 288 valence electrons. The fraction of sp³-hybridized carbons (Fsp3) is 0.409. The topological polar surface area (TPSA) is 155 Å². The zero-order chi connectivity index (χ0) is 39.3. The highest BCUT2D eigenvalue weighted by molar-refractivity contribution is 7.99. The van der Waals surface area contributed by atoms with Gasteiger partial charge >= 0.3 is 0 Å². The second kappa shape index (κ2) is 14.9. The molecule has 4 amide bonds. The van der Waals surface area contributed by atoms with Crippen molar-refractivity contribution in [2.24, 2.45) is 0 Å². The van der Waals surface area contributed by atoms with Gasteiger partial charge in [0.15, 0.2) is 5.78 Å². The summed E-state index contributed by atoms with van der Waals surface area (Å²) >= 11 is 1.67. The molecule has 4 aromatic rings. The molecule has 56 heavy (non-hydrogen) atoms. The van der Waals surface area contributed by atoms with E-state index in [-0.39, 0.29) is 36.0 Å². The van der Waals surface area contributed by atoms with Crippen LogP contribution < -0.4 is 15.5 Å². The van der Waals surface area contributed by atoms with E-state index in [1.54, 1.807) is 28.8 Å². The Morgan fingerprint density at radius 2 is 1.82 bits per heavy atom. The number of benzene rings is 3. The monoisotopic (exact) mass is 770 g/mol. The molecule has 11 nitrogen and oxygen atoms in total. The molecule has 0 saturated carbocycles. The fourth-order valence-corrected chi connectivity index (χ4v) is 10.1. The van der Waals surface area contributed by atoms with E-state index < -0.39 is 17.4 Å². The average molecular weight is 771 g/mol. The molecule has 0 bridgehead atoms. The number of aryl methyl sites for hydroxylation is 1. The van der Waals surface area contributed by atoms with E-state index in [0.29, 0.717) is 36.1 Å². The predicted molar refractivity (Wildman–Crippen MR) is 215 cm³/mol. The number of ketones is 1. The Hall–Kier alpha value is -5.41. The maximum atomic E-state index is 14.1. The number of rotatable bonds is 10. The summed E-state index contributed by atoms with van der Waals surface area (Å²) in [5, 5.41) is 15.9. The van der Waals surface area contributed by atoms with Gasteiger partial charge in [0.1, 0.15) is 6.04 Å². The van der Waals surface area contributed by atoms with Gasteiger partial charge in [-0.2, -0.15) is 5.26 Å². The highest BCUT2D eigenvalue weighted by Gasteiger charge is 2.42. The smallest absolute Gasteiger partial charge is 0.255 e. The fourth-order valence-electron chi connectivity index (χ4n) is 8.98. The first-order valence-electron chi connectivity index (χ1n) is 19.7. The van der Waals surface area contributed by atoms with Crippen molar-refractivity contribution in [2.45, 2.75) is 101 Å². The second-order valence-electron chi connectivity index (χ2n) is 15.9. The lowest BCUT2D eigenvalue weighted by atomic mass is 9.70. The minimum absolute atomic E-state index is 0.0185. The molecule has 2 saturated heterocycles. The quantitative estimate of drug-likeness (QED) is 0.0968. The Balaban J connectivity index is 0.836. The second-order valence-corrected chi connectivity index (χ2v) is 17.0. The molecule has 4 aliphatic rings. The van der Waals surface area contributed by atoms with Gasteiger partial charge in [-0.25, -0.2) is 0 Å². The zero-order valence-corrected chi connectivity index (χ0v) is 32.9. The maximum absolute atomic E-state index is 14.1. The summed E-state index contributed by atoms with van der Waals surface area (Å²) in [6.07, 6.45) is 5.10. The van der Waals surface area contributed by atoms with E-state index in [4.69, 9.17) is 0 Å². The standard InChI is InChI=1S/C44H46N6O5S/c1-4-26-21-30-32(44(2,3)41-39(40(30)53)29-12-11-25(23-45)20-33(29)47-41)22-35(26)49-17-15-27(16-18-49)46-37(51)10-5-6-19-56-36-9-7-8-28-31(36)24-50(43(28)55)34-13-14-38(52)48-42(34)54/h7-9,11-12,20-22,27,34,47H,4-6,10,13-19,24H2,1-3H3,(H,46,51)(H,48,52,54). The van der Waals surface area contributed by atoms with Crippen molar-refractivity contribution in [2.75, 3.05) is 23.7 Å². The minimum Gasteiger partial charge on any atom is -0.371 e. The number of piperidine rings is 2. The number of aromatic amines is 1. The number of hydrogen-bond acceptors (Lipinski definition) is 8. The van der Waals surface area contributed by atoms with Crippen LogP contribution in [-0.4, -0.2) is 70.2 Å². The Morgan fingerprint density at radius 3 is 2.57 bits per heavy atom. The van der Waals surface area contributed by atoms with Crippen LogP contribution in [0.5, 0.6) is 0 Å². The molecule has 4 heterocycles. The molecule has 1 aromatic heterocycles. The van der Waals surface area contributed by atoms with E-state index in [1.807, 2.05) is 24.3 Å². The molecule has 3 N–H and O–H groups in total. The van der Waals surface area contributed by atoms with Gasteiger partial charge in [0.05, 0.1) is 17.2 Å². The van der Waals surface area contributed by atoms with Crippen LogP contribution in [0.25, 0.3) is 10.9 Å². The van der Waals surface area contributed by atoms with Gasteiger partial charge in [0.2, 0.25) is 17.7 Å². The summed E-state index contributed by atoms with van der Waals surface area (Å²) in [6.45, 7) is 8.40. The Kier molecular flexibility index (Phi) is 9.99. The predicted octanol–water partition coefficient (Wildman–Crippen LogP) is 6.28. The average Bonchev–Trinajstić information content (AvgIpc) is 3.75. The van der Waals surface area contributed by atoms with E-state index in [1.165, 1.54) is 0 Å². The summed E-state index contributed by atoms with van der Waals surface area (Å²) in [5.74, 6) is 0.0134. The van der Waals surface area contributed by atoms with Gasteiger partial charge < -0.3 is 20.1 Å². The first-order chi connectivity index (χ1) is 27.0. The van der Waals surface area contributed by atoms with E-state index >= 15 is 0 Å². The lowest BCUT2D eigenvalue weighted by Gasteiger charge is -2.38. The van der Waals surface area contributed by atoms with Crippen LogP contribution >= 0.6 is 11.8 Å². The maximum Gasteiger partial charge on any atom is 0.255 e. The molecular formula is C44H46N6O5S. The summed E-state index contributed by atoms with van der Waals surface area (Å²) in [6, 6.07) is 17.1. The highest BCUT2D eigenvalue weighted by atomic mass is 32.2. The Bertz CT molecular complexity index is 2350. The number of imide groups is 1. The number of carbonyl (C=O) groups excluding carboxylic acids is 5. The van der Waals surface area contributed by atoms with Gasteiger partial charge in [0.25, 0.3) is 5.91 Å². The van der Waals surface area contributed by atoms with Crippen LogP contribution in [-0.2, 0) is 32.8 Å². The number of fused-ring (bicyclic) bond motifs is 5. The normalized spacial score (nSPS) is 19.1. The number of carbonyl (C=O) groups is 5. The third-order valence-electron chi connectivity index (χ3n) is 12.1. The number of H-pyrrole nitrogens is 1. The molecule has 0 radical (unpaired) electrons.